The molecule has 0 amide bonds. The average molecular weight is 242 g/mol. The summed E-state index contributed by atoms with van der Waals surface area (Å²) in [6.45, 7) is 10.7. The highest BCUT2D eigenvalue weighted by Gasteiger charge is 2.03. The van der Waals surface area contributed by atoms with Crippen molar-refractivity contribution in [3.8, 4) is 0 Å². The zero-order valence-electron chi connectivity index (χ0n) is 11.0. The molecule has 0 atom stereocenters. The Morgan fingerprint density at radius 3 is 1.75 bits per heavy atom. The zero-order valence-corrected chi connectivity index (χ0v) is 11.7. The van der Waals surface area contributed by atoms with Crippen LogP contribution < -0.4 is 4.90 Å². The third-order valence-corrected chi connectivity index (χ3v) is 2.43. The van der Waals surface area contributed by atoms with Crippen LogP contribution in [-0.2, 0) is 0 Å². The fourth-order valence-electron chi connectivity index (χ4n) is 1.56. The van der Waals surface area contributed by atoms with Gasteiger partial charge in [0, 0.05) is 23.8 Å². The molecule has 1 aromatic carbocycles. The van der Waals surface area contributed by atoms with E-state index in [0.29, 0.717) is 0 Å². The van der Waals surface area contributed by atoms with Gasteiger partial charge in [0.25, 0.3) is 0 Å². The van der Waals surface area contributed by atoms with Gasteiger partial charge >= 0.3 is 0 Å². The molecule has 0 aliphatic carbocycles. The molecule has 0 fully saturated rings. The highest BCUT2D eigenvalue weighted by atomic mass is 35.5. The van der Waals surface area contributed by atoms with Gasteiger partial charge in [-0.05, 0) is 37.1 Å². The third kappa shape index (κ3) is 5.41. The molecule has 0 aromatic heterocycles. The number of benzene rings is 1. The molecule has 1 rings (SSSR count). The van der Waals surface area contributed by atoms with Crippen molar-refractivity contribution in [2.75, 3.05) is 18.0 Å². The molecule has 2 heteroatoms. The second-order valence-corrected chi connectivity index (χ2v) is 3.90. The van der Waals surface area contributed by atoms with E-state index in [-0.39, 0.29) is 0 Å². The van der Waals surface area contributed by atoms with E-state index in [1.165, 1.54) is 18.5 Å². The predicted octanol–water partition coefficient (Wildman–Crippen LogP) is 4.99. The van der Waals surface area contributed by atoms with Gasteiger partial charge < -0.3 is 4.90 Å². The molecule has 1 nitrogen and oxygen atoms in total. The first kappa shape index (κ1) is 15.3. The van der Waals surface area contributed by atoms with Crippen molar-refractivity contribution in [1.29, 1.82) is 0 Å². The van der Waals surface area contributed by atoms with Crippen LogP contribution in [0.2, 0.25) is 5.02 Å². The molecular weight excluding hydrogens is 218 g/mol. The monoisotopic (exact) mass is 241 g/mol. The molecule has 0 saturated heterocycles. The largest absolute Gasteiger partial charge is 0.372 e. The van der Waals surface area contributed by atoms with E-state index < -0.39 is 0 Å². The number of nitrogens with zero attached hydrogens (tertiary/aromatic N) is 1. The summed E-state index contributed by atoms with van der Waals surface area (Å²) in [4.78, 5) is 2.40. The molecule has 0 saturated carbocycles. The van der Waals surface area contributed by atoms with Crippen molar-refractivity contribution in [2.45, 2.75) is 40.5 Å². The summed E-state index contributed by atoms with van der Waals surface area (Å²) in [5.41, 5.74) is 1.28. The molecule has 0 aliphatic rings. The Labute approximate surface area is 105 Å². The molecule has 0 N–H and O–H groups in total. The van der Waals surface area contributed by atoms with Gasteiger partial charge in [0.05, 0.1) is 0 Å². The van der Waals surface area contributed by atoms with Gasteiger partial charge in [-0.15, -0.1) is 0 Å². The maximum atomic E-state index is 5.85. The summed E-state index contributed by atoms with van der Waals surface area (Å²) in [6, 6.07) is 8.09. The van der Waals surface area contributed by atoms with E-state index in [1.807, 2.05) is 26.0 Å². The standard InChI is InChI=1S/C12H18ClN.C2H6/c1-3-9-14(10-4-2)12-7-5-11(13)6-8-12;1-2/h5-8H,3-4,9-10H2,1-2H3;1-2H3. The summed E-state index contributed by atoms with van der Waals surface area (Å²) in [6.07, 6.45) is 2.37. The summed E-state index contributed by atoms with van der Waals surface area (Å²) >= 11 is 5.85. The lowest BCUT2D eigenvalue weighted by Crippen LogP contribution is -2.24. The second-order valence-electron chi connectivity index (χ2n) is 3.46. The SMILES string of the molecule is CC.CCCN(CCC)c1ccc(Cl)cc1. The maximum Gasteiger partial charge on any atom is 0.0407 e. The van der Waals surface area contributed by atoms with E-state index in [0.717, 1.165) is 18.1 Å². The van der Waals surface area contributed by atoms with Crippen LogP contribution in [0.25, 0.3) is 0 Å². The number of anilines is 1. The molecular formula is C14H24ClN. The van der Waals surface area contributed by atoms with Crippen LogP contribution in [0.3, 0.4) is 0 Å². The van der Waals surface area contributed by atoms with E-state index in [1.54, 1.807) is 0 Å². The van der Waals surface area contributed by atoms with Crippen molar-refractivity contribution in [1.82, 2.24) is 0 Å². The molecule has 0 bridgehead atoms. The van der Waals surface area contributed by atoms with Crippen molar-refractivity contribution in [3.05, 3.63) is 29.3 Å². The van der Waals surface area contributed by atoms with Gasteiger partial charge in [-0.3, -0.25) is 0 Å². The maximum absolute atomic E-state index is 5.85. The smallest absolute Gasteiger partial charge is 0.0407 e. The second kappa shape index (κ2) is 9.53. The summed E-state index contributed by atoms with van der Waals surface area (Å²) in [5.74, 6) is 0. The Morgan fingerprint density at radius 1 is 0.938 bits per heavy atom. The van der Waals surface area contributed by atoms with Gasteiger partial charge in [-0.25, -0.2) is 0 Å². The van der Waals surface area contributed by atoms with E-state index in [4.69, 9.17) is 11.6 Å². The van der Waals surface area contributed by atoms with Crippen molar-refractivity contribution < 1.29 is 0 Å². The predicted molar refractivity (Wildman–Crippen MR) is 75.6 cm³/mol. The molecule has 0 aliphatic heterocycles. The van der Waals surface area contributed by atoms with E-state index >= 15 is 0 Å². The summed E-state index contributed by atoms with van der Waals surface area (Å²) in [7, 11) is 0. The van der Waals surface area contributed by atoms with Gasteiger partial charge in [-0.1, -0.05) is 39.3 Å². The molecule has 0 unspecified atom stereocenters. The summed E-state index contributed by atoms with van der Waals surface area (Å²) in [5, 5.41) is 0.807. The molecule has 1 aromatic rings. The van der Waals surface area contributed by atoms with Gasteiger partial charge in [-0.2, -0.15) is 0 Å². The normalized spacial score (nSPS) is 9.31. The average Bonchev–Trinajstić information content (AvgIpc) is 2.32. The third-order valence-electron chi connectivity index (χ3n) is 2.18. The quantitative estimate of drug-likeness (QED) is 0.702. The van der Waals surface area contributed by atoms with Gasteiger partial charge in [0.15, 0.2) is 0 Å². The number of hydrogen-bond acceptors (Lipinski definition) is 1. The van der Waals surface area contributed by atoms with Gasteiger partial charge in [0.2, 0.25) is 0 Å². The molecule has 92 valence electrons. The molecule has 0 heterocycles. The first-order valence-electron chi connectivity index (χ1n) is 6.28. The Hall–Kier alpha value is -0.690. The summed E-state index contributed by atoms with van der Waals surface area (Å²) < 4.78 is 0. The first-order valence-corrected chi connectivity index (χ1v) is 6.66. The minimum absolute atomic E-state index is 0.807. The minimum Gasteiger partial charge on any atom is -0.372 e. The highest BCUT2D eigenvalue weighted by molar-refractivity contribution is 6.30. The number of hydrogen-bond donors (Lipinski definition) is 0. The fourth-order valence-corrected chi connectivity index (χ4v) is 1.69. The van der Waals surface area contributed by atoms with Crippen LogP contribution in [0.15, 0.2) is 24.3 Å². The van der Waals surface area contributed by atoms with Crippen LogP contribution in [-0.4, -0.2) is 13.1 Å². The molecule has 16 heavy (non-hydrogen) atoms. The van der Waals surface area contributed by atoms with Crippen LogP contribution in [0.5, 0.6) is 0 Å². The minimum atomic E-state index is 0.807. The lowest BCUT2D eigenvalue weighted by Gasteiger charge is -2.23. The number of rotatable bonds is 5. The Bertz CT molecular complexity index is 250. The zero-order chi connectivity index (χ0) is 12.4. The highest BCUT2D eigenvalue weighted by Crippen LogP contribution is 2.18. The number of halogens is 1. The van der Waals surface area contributed by atoms with Crippen molar-refractivity contribution in [3.63, 3.8) is 0 Å². The van der Waals surface area contributed by atoms with Gasteiger partial charge in [0.1, 0.15) is 0 Å². The van der Waals surface area contributed by atoms with E-state index in [2.05, 4.69) is 30.9 Å². The van der Waals surface area contributed by atoms with E-state index in [9.17, 15) is 0 Å². The van der Waals surface area contributed by atoms with Crippen molar-refractivity contribution >= 4 is 17.3 Å². The lowest BCUT2D eigenvalue weighted by molar-refractivity contribution is 0.745. The van der Waals surface area contributed by atoms with Crippen molar-refractivity contribution in [2.24, 2.45) is 0 Å². The Kier molecular flexibility index (Phi) is 9.12. The topological polar surface area (TPSA) is 3.24 Å². The van der Waals surface area contributed by atoms with Crippen LogP contribution in [0.4, 0.5) is 5.69 Å². The van der Waals surface area contributed by atoms with Crippen LogP contribution in [0.1, 0.15) is 40.5 Å². The first-order chi connectivity index (χ1) is 7.77. The Morgan fingerprint density at radius 2 is 1.38 bits per heavy atom. The lowest BCUT2D eigenvalue weighted by atomic mass is 10.2. The Balaban J connectivity index is 0.00000106. The van der Waals surface area contributed by atoms with Crippen LogP contribution >= 0.6 is 11.6 Å². The molecule has 0 spiro atoms. The van der Waals surface area contributed by atoms with Crippen LogP contribution in [0, 0.1) is 0 Å². The molecule has 0 radical (unpaired) electrons. The fraction of sp³-hybridized carbons (Fsp3) is 0.571.